The smallest absolute Gasteiger partial charge is 0.258 e. The molecule has 0 spiro atoms. The number of benzene rings is 2. The van der Waals surface area contributed by atoms with E-state index in [1.54, 1.807) is 18.2 Å². The average Bonchev–Trinajstić information content (AvgIpc) is 3.19. The summed E-state index contributed by atoms with van der Waals surface area (Å²) < 4.78 is 1.87. The number of nitrogens with zero attached hydrogens (tertiary/aromatic N) is 3. The second-order valence-electron chi connectivity index (χ2n) is 9.47. The van der Waals surface area contributed by atoms with Gasteiger partial charge in [0.2, 0.25) is 5.95 Å². The molecule has 4 N–H and O–H groups in total. The summed E-state index contributed by atoms with van der Waals surface area (Å²) in [7, 11) is 1.87. The van der Waals surface area contributed by atoms with Gasteiger partial charge in [-0.05, 0) is 74.0 Å². The lowest BCUT2D eigenvalue weighted by Crippen LogP contribution is -2.38. The van der Waals surface area contributed by atoms with Crippen LogP contribution in [0.1, 0.15) is 24.1 Å². The van der Waals surface area contributed by atoms with Crippen LogP contribution in [-0.2, 0) is 7.05 Å². The van der Waals surface area contributed by atoms with Crippen LogP contribution in [0.3, 0.4) is 0 Å². The lowest BCUT2D eigenvalue weighted by molar-refractivity contribution is 0.195. The number of piperidine rings is 1. The second kappa shape index (κ2) is 10.3. The molecule has 36 heavy (non-hydrogen) atoms. The maximum Gasteiger partial charge on any atom is 0.258 e. The molecule has 0 aliphatic carbocycles. The molecule has 0 bridgehead atoms. The number of nitrogens with one attached hydrogen (secondary N) is 2. The fourth-order valence-electron chi connectivity index (χ4n) is 5.11. The van der Waals surface area contributed by atoms with Gasteiger partial charge in [-0.25, -0.2) is 4.98 Å². The van der Waals surface area contributed by atoms with Crippen molar-refractivity contribution in [3.05, 3.63) is 68.1 Å². The molecule has 0 saturated carbocycles. The molecule has 0 amide bonds. The third-order valence-corrected chi connectivity index (χ3v) is 7.73. The number of nitrogens with two attached hydrogens (primary N) is 1. The Kier molecular flexibility index (Phi) is 7.08. The fraction of sp³-hybridized carbons (Fsp3) is 0.333. The first-order valence-corrected chi connectivity index (χ1v) is 12.9. The molecule has 188 valence electrons. The molecule has 1 aliphatic heterocycles. The number of imidazole rings is 1. The van der Waals surface area contributed by atoms with E-state index < -0.39 is 0 Å². The van der Waals surface area contributed by atoms with Crippen molar-refractivity contribution >= 4 is 62.7 Å². The van der Waals surface area contributed by atoms with Gasteiger partial charge in [-0.2, -0.15) is 0 Å². The summed E-state index contributed by atoms with van der Waals surface area (Å²) in [6, 6.07) is 9.22. The lowest BCUT2D eigenvalue weighted by Gasteiger charge is -2.31. The van der Waals surface area contributed by atoms with Crippen molar-refractivity contribution in [3.8, 4) is 0 Å². The fourth-order valence-corrected chi connectivity index (χ4v) is 5.60. The third kappa shape index (κ3) is 4.64. The molecule has 1 aliphatic rings. The van der Waals surface area contributed by atoms with Crippen LogP contribution in [0.15, 0.2) is 41.2 Å². The molecule has 1 saturated heterocycles. The van der Waals surface area contributed by atoms with Gasteiger partial charge in [0.1, 0.15) is 0 Å². The Morgan fingerprint density at radius 3 is 2.78 bits per heavy atom. The number of fused-ring (bicyclic) bond motifs is 3. The first-order valence-electron chi connectivity index (χ1n) is 12.2. The second-order valence-corrected chi connectivity index (χ2v) is 10.3. The Morgan fingerprint density at radius 1 is 1.25 bits per heavy atom. The van der Waals surface area contributed by atoms with E-state index in [0.717, 1.165) is 48.3 Å². The average molecular weight is 525 g/mol. The van der Waals surface area contributed by atoms with Gasteiger partial charge in [0, 0.05) is 25.8 Å². The molecule has 3 heterocycles. The molecule has 5 rings (SSSR count). The van der Waals surface area contributed by atoms with Crippen LogP contribution in [0.2, 0.25) is 10.0 Å². The number of likely N-dealkylation sites (tertiary alicyclic amines) is 1. The Labute approximate surface area is 219 Å². The molecule has 1 unspecified atom stereocenters. The molecule has 4 aromatic rings. The zero-order valence-corrected chi connectivity index (χ0v) is 22.0. The van der Waals surface area contributed by atoms with Gasteiger partial charge in [0.15, 0.2) is 0 Å². The summed E-state index contributed by atoms with van der Waals surface area (Å²) in [6.45, 7) is 5.73. The molecule has 1 fully saturated rings. The molecule has 2 aromatic carbocycles. The van der Waals surface area contributed by atoms with E-state index >= 15 is 0 Å². The topological polar surface area (TPSA) is 92.0 Å². The van der Waals surface area contributed by atoms with Crippen molar-refractivity contribution in [1.29, 1.82) is 0 Å². The number of hydrogen-bond donors (Lipinski definition) is 3. The number of aryl methyl sites for hydroxylation is 2. The summed E-state index contributed by atoms with van der Waals surface area (Å²) >= 11 is 12.7. The summed E-state index contributed by atoms with van der Waals surface area (Å²) in [5.41, 5.74) is 9.60. The van der Waals surface area contributed by atoms with Gasteiger partial charge >= 0.3 is 0 Å². The van der Waals surface area contributed by atoms with E-state index in [1.165, 1.54) is 12.8 Å². The predicted octanol–water partition coefficient (Wildman–Crippen LogP) is 5.46. The normalized spacial score (nSPS) is 17.0. The highest BCUT2D eigenvalue weighted by atomic mass is 35.5. The van der Waals surface area contributed by atoms with Crippen molar-refractivity contribution in [2.45, 2.75) is 19.8 Å². The van der Waals surface area contributed by atoms with Crippen LogP contribution in [0, 0.1) is 12.8 Å². The SMILES string of the molecule is Cc1c(C=CCN2CCCC(CN)C2)[nH]c(=O)c2c1ccc1nc(Nc3c(Cl)cccc3Cl)n(C)c12. The number of para-hydroxylation sites is 1. The number of H-pyrrole nitrogens is 1. The standard InChI is InChI=1S/C27H30Cl2N6O/c1-16-18-10-11-22-25(34(2)27(32-22)33-24-19(28)7-3-8-20(24)29)23(18)26(36)31-21(16)9-5-13-35-12-4-6-17(14-30)15-35/h3,5,7-11,17H,4,6,12-15,30H2,1-2H3,(H,31,36)(H,32,33). The zero-order chi connectivity index (χ0) is 25.4. The van der Waals surface area contributed by atoms with E-state index in [4.69, 9.17) is 33.9 Å². The Bertz CT molecular complexity index is 1500. The number of aromatic nitrogens is 3. The monoisotopic (exact) mass is 524 g/mol. The maximum atomic E-state index is 13.3. The van der Waals surface area contributed by atoms with Gasteiger partial charge in [0.05, 0.1) is 32.2 Å². The largest absolute Gasteiger partial charge is 0.330 e. The van der Waals surface area contributed by atoms with Crippen LogP contribution >= 0.6 is 23.2 Å². The van der Waals surface area contributed by atoms with Crippen LogP contribution < -0.4 is 16.6 Å². The molecule has 2 aromatic heterocycles. The molecule has 9 heteroatoms. The van der Waals surface area contributed by atoms with E-state index in [9.17, 15) is 4.79 Å². The highest BCUT2D eigenvalue weighted by Gasteiger charge is 2.19. The van der Waals surface area contributed by atoms with Crippen LogP contribution in [0.25, 0.3) is 27.9 Å². The van der Waals surface area contributed by atoms with Gasteiger partial charge in [-0.1, -0.05) is 41.4 Å². The summed E-state index contributed by atoms with van der Waals surface area (Å²) in [5.74, 6) is 1.12. The van der Waals surface area contributed by atoms with E-state index in [-0.39, 0.29) is 5.56 Å². The Balaban J connectivity index is 1.49. The molecule has 7 nitrogen and oxygen atoms in total. The minimum Gasteiger partial charge on any atom is -0.330 e. The molecule has 1 atom stereocenters. The highest BCUT2D eigenvalue weighted by molar-refractivity contribution is 6.39. The van der Waals surface area contributed by atoms with Crippen molar-refractivity contribution in [2.24, 2.45) is 18.7 Å². The number of halogens is 2. The summed E-state index contributed by atoms with van der Waals surface area (Å²) in [4.78, 5) is 23.5. The quantitative estimate of drug-likeness (QED) is 0.311. The summed E-state index contributed by atoms with van der Waals surface area (Å²) in [6.07, 6.45) is 6.53. The summed E-state index contributed by atoms with van der Waals surface area (Å²) in [5, 5.41) is 5.72. The maximum absolute atomic E-state index is 13.3. The minimum atomic E-state index is -0.146. The predicted molar refractivity (Wildman–Crippen MR) is 151 cm³/mol. The molecule has 0 radical (unpaired) electrons. The van der Waals surface area contributed by atoms with Crippen LogP contribution in [0.5, 0.6) is 0 Å². The molecular weight excluding hydrogens is 495 g/mol. The van der Waals surface area contributed by atoms with Crippen molar-refractivity contribution < 1.29 is 0 Å². The Morgan fingerprint density at radius 2 is 2.03 bits per heavy atom. The molecular formula is C27H30Cl2N6O. The van der Waals surface area contributed by atoms with Gasteiger partial charge in [-0.3, -0.25) is 9.69 Å². The number of anilines is 2. The van der Waals surface area contributed by atoms with E-state index in [2.05, 4.69) is 21.3 Å². The number of aromatic amines is 1. The van der Waals surface area contributed by atoms with Gasteiger partial charge in [-0.15, -0.1) is 0 Å². The lowest BCUT2D eigenvalue weighted by atomic mass is 9.98. The minimum absolute atomic E-state index is 0.146. The third-order valence-electron chi connectivity index (χ3n) is 7.10. The van der Waals surface area contributed by atoms with Gasteiger partial charge in [0.25, 0.3) is 5.56 Å². The highest BCUT2D eigenvalue weighted by Crippen LogP contribution is 2.34. The zero-order valence-electron chi connectivity index (χ0n) is 20.4. The Hall–Kier alpha value is -2.84. The van der Waals surface area contributed by atoms with Crippen molar-refractivity contribution in [2.75, 3.05) is 31.5 Å². The number of rotatable bonds is 6. The number of pyridine rings is 1. The van der Waals surface area contributed by atoms with Crippen molar-refractivity contribution in [1.82, 2.24) is 19.4 Å². The van der Waals surface area contributed by atoms with Crippen molar-refractivity contribution in [3.63, 3.8) is 0 Å². The number of hydrogen-bond acceptors (Lipinski definition) is 5. The van der Waals surface area contributed by atoms with Crippen LogP contribution in [-0.4, -0.2) is 45.6 Å². The first kappa shape index (κ1) is 24.8. The first-order chi connectivity index (χ1) is 17.4. The van der Waals surface area contributed by atoms with Crippen LogP contribution in [0.4, 0.5) is 11.6 Å². The van der Waals surface area contributed by atoms with E-state index in [0.29, 0.717) is 38.5 Å². The van der Waals surface area contributed by atoms with E-state index in [1.807, 2.05) is 36.7 Å². The van der Waals surface area contributed by atoms with Gasteiger partial charge < -0.3 is 20.6 Å².